The predicted molar refractivity (Wildman–Crippen MR) is 248 cm³/mol. The summed E-state index contributed by atoms with van der Waals surface area (Å²) in [4.78, 5) is 7.32. The van der Waals surface area contributed by atoms with Crippen molar-refractivity contribution >= 4 is 44.5 Å². The van der Waals surface area contributed by atoms with Gasteiger partial charge in [0.05, 0.1) is 5.71 Å². The topological polar surface area (TPSA) is 32.6 Å². The molecule has 2 atom stereocenters. The van der Waals surface area contributed by atoms with Crippen molar-refractivity contribution in [3.05, 3.63) is 223 Å². The molecule has 2 bridgehead atoms. The van der Waals surface area contributed by atoms with E-state index in [9.17, 15) is 0 Å². The number of aliphatic imine (C=N–C) groups is 1. The number of anilines is 2. The maximum absolute atomic E-state index is 4.68. The smallest absolute Gasteiger partial charge is 0.0736 e. The van der Waals surface area contributed by atoms with Crippen LogP contribution < -0.4 is 10.2 Å². The zero-order chi connectivity index (χ0) is 39.3. The average molecular weight is 755 g/mol. The molecule has 286 valence electrons. The van der Waals surface area contributed by atoms with Crippen LogP contribution >= 0.6 is 0 Å². The number of para-hydroxylation sites is 2. The Labute approximate surface area is 343 Å². The first-order valence-corrected chi connectivity index (χ1v) is 20.5. The number of hydrogen-bond acceptors (Lipinski definition) is 3. The fourth-order valence-corrected chi connectivity index (χ4v) is 9.23. The maximum Gasteiger partial charge on any atom is 0.0736 e. The van der Waals surface area contributed by atoms with Crippen LogP contribution in [0, 0.1) is 11.3 Å². The fraction of sp³-hybridized carbons (Fsp3) is 0.167. The first kappa shape index (κ1) is 37.0. The zero-order valence-corrected chi connectivity index (χ0v) is 33.3. The number of allylic oxidation sites excluding steroid dienone is 10. The number of hydrogen-bond donors (Lipinski definition) is 1. The third kappa shape index (κ3) is 7.34. The van der Waals surface area contributed by atoms with E-state index in [4.69, 9.17) is 0 Å². The van der Waals surface area contributed by atoms with Gasteiger partial charge in [-0.25, -0.2) is 0 Å². The Morgan fingerprint density at radius 2 is 1.67 bits per heavy atom. The molecule has 1 fully saturated rings. The number of aromatic nitrogens is 1. The van der Waals surface area contributed by atoms with Gasteiger partial charge >= 0.3 is 0 Å². The largest absolute Gasteiger partial charge is 0.380 e. The lowest BCUT2D eigenvalue weighted by Crippen LogP contribution is -2.37. The number of fused-ring (bicyclic) bond motifs is 6. The van der Waals surface area contributed by atoms with Crippen molar-refractivity contribution in [3.8, 4) is 0 Å². The molecule has 2 heterocycles. The molecule has 1 aromatic heterocycles. The highest BCUT2D eigenvalue weighted by Gasteiger charge is 2.40. The van der Waals surface area contributed by atoms with Crippen LogP contribution in [-0.2, 0) is 13.1 Å². The summed E-state index contributed by atoms with van der Waals surface area (Å²) in [5.74, 6) is 0.489. The SMILES string of the molecule is C=C/C=C\C=C/Cn1c2ccccc2c2cc(C3=CC4(CC=C3)CN(c3ccc(CNc5ccccc5C(=NC)c5ccccc5)cc3)CC3C=CC=C4C3)ccc21. The Kier molecular flexibility index (Phi) is 10.5. The highest BCUT2D eigenvalue weighted by Crippen LogP contribution is 2.48. The molecule has 2 aliphatic carbocycles. The van der Waals surface area contributed by atoms with E-state index in [1.807, 2.05) is 25.3 Å². The summed E-state index contributed by atoms with van der Waals surface area (Å²) in [6, 6.07) is 44.0. The normalized spacial score (nSPS) is 19.3. The van der Waals surface area contributed by atoms with Gasteiger partial charge in [0.15, 0.2) is 0 Å². The standard InChI is InChI=1S/C54H50N4/c1-3-4-5-6-14-33-58-51-25-13-11-22-47(51)49-35-43(28-31-52(49)58)44-20-16-32-54(36-44)39-57(38-41-17-15-21-45(54)34-41)46-29-26-40(27-30-46)37-56-50-24-12-10-23-48(50)53(55-2)42-18-8-7-9-19-42/h3-31,35-36,41,56H,1,32-34,37-39H2,2H3/b5-4-,14-6-,55-53?. The van der Waals surface area contributed by atoms with Gasteiger partial charge in [0.1, 0.15) is 0 Å². The third-order valence-electron chi connectivity index (χ3n) is 12.1. The maximum atomic E-state index is 4.68. The third-order valence-corrected chi connectivity index (χ3v) is 12.1. The first-order valence-electron chi connectivity index (χ1n) is 20.5. The van der Waals surface area contributed by atoms with Gasteiger partial charge < -0.3 is 14.8 Å². The summed E-state index contributed by atoms with van der Waals surface area (Å²) < 4.78 is 2.42. The molecule has 58 heavy (non-hydrogen) atoms. The second kappa shape index (κ2) is 16.4. The van der Waals surface area contributed by atoms with Crippen molar-refractivity contribution in [1.29, 1.82) is 0 Å². The lowest BCUT2D eigenvalue weighted by molar-refractivity contribution is 0.463. The van der Waals surface area contributed by atoms with Crippen LogP contribution in [0.2, 0.25) is 0 Å². The molecule has 9 rings (SSSR count). The molecule has 3 aliphatic rings. The van der Waals surface area contributed by atoms with E-state index < -0.39 is 0 Å². The Morgan fingerprint density at radius 3 is 2.53 bits per heavy atom. The molecule has 0 saturated carbocycles. The Bertz CT molecular complexity index is 2680. The molecule has 1 N–H and O–H groups in total. The summed E-state index contributed by atoms with van der Waals surface area (Å²) in [6.45, 7) is 7.28. The summed E-state index contributed by atoms with van der Waals surface area (Å²) in [5.41, 5.74) is 13.4. The van der Waals surface area contributed by atoms with Crippen LogP contribution in [0.1, 0.15) is 35.1 Å². The van der Waals surface area contributed by atoms with Crippen LogP contribution in [0.3, 0.4) is 0 Å². The molecule has 1 aliphatic heterocycles. The van der Waals surface area contributed by atoms with Crippen molar-refractivity contribution < 1.29 is 0 Å². The number of nitrogens with zero attached hydrogens (tertiary/aromatic N) is 3. The van der Waals surface area contributed by atoms with Crippen LogP contribution in [0.15, 0.2) is 205 Å². The summed E-state index contributed by atoms with van der Waals surface area (Å²) in [7, 11) is 1.87. The van der Waals surface area contributed by atoms with Crippen molar-refractivity contribution in [2.24, 2.45) is 16.3 Å². The monoisotopic (exact) mass is 754 g/mol. The van der Waals surface area contributed by atoms with E-state index in [1.165, 1.54) is 44.2 Å². The van der Waals surface area contributed by atoms with Gasteiger partial charge in [-0.1, -0.05) is 164 Å². The van der Waals surface area contributed by atoms with Gasteiger partial charge in [-0.3, -0.25) is 4.99 Å². The van der Waals surface area contributed by atoms with Gasteiger partial charge in [-0.2, -0.15) is 0 Å². The predicted octanol–water partition coefficient (Wildman–Crippen LogP) is 12.5. The minimum absolute atomic E-state index is 0.0858. The summed E-state index contributed by atoms with van der Waals surface area (Å²) in [6.07, 6.45) is 26.7. The fourth-order valence-electron chi connectivity index (χ4n) is 9.23. The van der Waals surface area contributed by atoms with E-state index in [2.05, 4.69) is 190 Å². The van der Waals surface area contributed by atoms with Gasteiger partial charge in [0, 0.05) is 82.9 Å². The lowest BCUT2D eigenvalue weighted by Gasteiger charge is -2.38. The number of nitrogens with one attached hydrogen (secondary N) is 1. The Hall–Kier alpha value is -6.65. The quantitative estimate of drug-likeness (QED) is 0.106. The van der Waals surface area contributed by atoms with Gasteiger partial charge in [0.2, 0.25) is 0 Å². The van der Waals surface area contributed by atoms with Crippen molar-refractivity contribution in [2.75, 3.05) is 30.4 Å². The molecule has 1 spiro atoms. The second-order valence-corrected chi connectivity index (χ2v) is 15.7. The van der Waals surface area contributed by atoms with Crippen LogP contribution in [0.4, 0.5) is 11.4 Å². The van der Waals surface area contributed by atoms with Crippen molar-refractivity contribution in [2.45, 2.75) is 25.9 Å². The molecule has 1 saturated heterocycles. The van der Waals surface area contributed by atoms with Gasteiger partial charge in [-0.05, 0) is 71.9 Å². The average Bonchev–Trinajstić information content (AvgIpc) is 3.54. The number of rotatable bonds is 11. The molecule has 4 nitrogen and oxygen atoms in total. The highest BCUT2D eigenvalue weighted by molar-refractivity contribution is 6.16. The lowest BCUT2D eigenvalue weighted by atomic mass is 9.70. The molecule has 2 unspecified atom stereocenters. The van der Waals surface area contributed by atoms with Crippen LogP contribution in [0.5, 0.6) is 0 Å². The second-order valence-electron chi connectivity index (χ2n) is 15.7. The molecule has 6 aromatic rings. The number of benzene rings is 5. The molecule has 0 amide bonds. The molecule has 5 aromatic carbocycles. The van der Waals surface area contributed by atoms with Crippen LogP contribution in [-0.4, -0.2) is 30.4 Å². The van der Waals surface area contributed by atoms with Crippen molar-refractivity contribution in [1.82, 2.24) is 4.57 Å². The van der Waals surface area contributed by atoms with E-state index >= 15 is 0 Å². The molecule has 0 radical (unpaired) electrons. The molecular formula is C54H50N4. The molecule has 4 heteroatoms. The highest BCUT2D eigenvalue weighted by atomic mass is 15.1. The van der Waals surface area contributed by atoms with E-state index in [1.54, 1.807) is 11.6 Å². The molecular weight excluding hydrogens is 705 g/mol. The first-order chi connectivity index (χ1) is 28.6. The minimum atomic E-state index is -0.0858. The zero-order valence-electron chi connectivity index (χ0n) is 33.3. The van der Waals surface area contributed by atoms with Crippen LogP contribution in [0.25, 0.3) is 27.4 Å². The van der Waals surface area contributed by atoms with E-state index in [-0.39, 0.29) is 5.41 Å². The van der Waals surface area contributed by atoms with Crippen molar-refractivity contribution in [3.63, 3.8) is 0 Å². The minimum Gasteiger partial charge on any atom is -0.380 e. The van der Waals surface area contributed by atoms with E-state index in [0.717, 1.165) is 61.5 Å². The summed E-state index contributed by atoms with van der Waals surface area (Å²) >= 11 is 0. The Balaban J connectivity index is 0.979. The Morgan fingerprint density at radius 1 is 0.862 bits per heavy atom. The summed E-state index contributed by atoms with van der Waals surface area (Å²) in [5, 5.41) is 6.31. The van der Waals surface area contributed by atoms with Gasteiger partial charge in [0.25, 0.3) is 0 Å². The van der Waals surface area contributed by atoms with E-state index in [0.29, 0.717) is 5.92 Å². The van der Waals surface area contributed by atoms with Gasteiger partial charge in [-0.15, -0.1) is 0 Å².